The van der Waals surface area contributed by atoms with Crippen molar-refractivity contribution in [2.75, 3.05) is 19.6 Å². The fraction of sp³-hybridized carbons (Fsp3) is 0.412. The number of nitrogens with zero attached hydrogens (tertiary/aromatic N) is 2. The van der Waals surface area contributed by atoms with E-state index in [1.165, 1.54) is 0 Å². The smallest absolute Gasteiger partial charge is 0.223 e. The SMILES string of the molecule is O=C(CCN[C@@H](c1ccccc1)c1ncc[nH]1)N1CCCC1. The fourth-order valence-corrected chi connectivity index (χ4v) is 2.90. The van der Waals surface area contributed by atoms with Gasteiger partial charge in [-0.1, -0.05) is 30.3 Å². The number of imidazole rings is 1. The molecule has 3 rings (SSSR count). The highest BCUT2D eigenvalue weighted by molar-refractivity contribution is 5.76. The molecule has 1 aromatic heterocycles. The summed E-state index contributed by atoms with van der Waals surface area (Å²) in [4.78, 5) is 21.6. The third kappa shape index (κ3) is 3.54. The van der Waals surface area contributed by atoms with Gasteiger partial charge in [-0.15, -0.1) is 0 Å². The van der Waals surface area contributed by atoms with Crippen LogP contribution in [0.25, 0.3) is 0 Å². The molecule has 0 spiro atoms. The Morgan fingerprint density at radius 2 is 2.05 bits per heavy atom. The van der Waals surface area contributed by atoms with Crippen LogP contribution in [0.15, 0.2) is 42.7 Å². The predicted octanol–water partition coefficient (Wildman–Crippen LogP) is 2.10. The summed E-state index contributed by atoms with van der Waals surface area (Å²) >= 11 is 0. The quantitative estimate of drug-likeness (QED) is 0.858. The molecule has 1 aliphatic heterocycles. The first-order chi connectivity index (χ1) is 10.8. The lowest BCUT2D eigenvalue weighted by Gasteiger charge is -2.19. The van der Waals surface area contributed by atoms with Crippen molar-refractivity contribution in [3.05, 3.63) is 54.1 Å². The van der Waals surface area contributed by atoms with Crippen LogP contribution in [0.2, 0.25) is 0 Å². The molecule has 1 aromatic carbocycles. The molecular formula is C17H22N4O. The van der Waals surface area contributed by atoms with E-state index < -0.39 is 0 Å². The molecule has 0 radical (unpaired) electrons. The monoisotopic (exact) mass is 298 g/mol. The van der Waals surface area contributed by atoms with Crippen LogP contribution in [0, 0.1) is 0 Å². The van der Waals surface area contributed by atoms with Crippen LogP contribution in [0.3, 0.4) is 0 Å². The number of nitrogens with one attached hydrogen (secondary N) is 2. The number of carbonyl (C=O) groups excluding carboxylic acids is 1. The van der Waals surface area contributed by atoms with Crippen LogP contribution in [0.5, 0.6) is 0 Å². The van der Waals surface area contributed by atoms with Gasteiger partial charge in [-0.2, -0.15) is 0 Å². The maximum atomic E-state index is 12.1. The molecule has 22 heavy (non-hydrogen) atoms. The molecule has 5 nitrogen and oxygen atoms in total. The van der Waals surface area contributed by atoms with E-state index in [1.807, 2.05) is 29.3 Å². The molecule has 116 valence electrons. The second-order valence-electron chi connectivity index (χ2n) is 5.61. The highest BCUT2D eigenvalue weighted by Crippen LogP contribution is 2.18. The van der Waals surface area contributed by atoms with Gasteiger partial charge in [0, 0.05) is 38.4 Å². The number of aromatic amines is 1. The van der Waals surface area contributed by atoms with Crippen LogP contribution < -0.4 is 5.32 Å². The summed E-state index contributed by atoms with van der Waals surface area (Å²) in [6, 6.07) is 10.2. The van der Waals surface area contributed by atoms with Gasteiger partial charge >= 0.3 is 0 Å². The lowest BCUT2D eigenvalue weighted by atomic mass is 10.1. The molecule has 1 amide bonds. The third-order valence-electron chi connectivity index (χ3n) is 4.07. The van der Waals surface area contributed by atoms with E-state index in [9.17, 15) is 4.79 Å². The molecule has 1 atom stereocenters. The standard InChI is InChI=1S/C17H22N4O/c22-15(21-12-4-5-13-21)8-9-18-16(17-19-10-11-20-17)14-6-2-1-3-7-14/h1-3,6-7,10-11,16,18H,4-5,8-9,12-13H2,(H,19,20)/t16-/m0/s1. The van der Waals surface area contributed by atoms with Crippen LogP contribution in [-0.4, -0.2) is 40.4 Å². The average Bonchev–Trinajstić information content (AvgIpc) is 3.25. The first-order valence-electron chi connectivity index (χ1n) is 7.90. The number of likely N-dealkylation sites (tertiary alicyclic amines) is 1. The van der Waals surface area contributed by atoms with Gasteiger partial charge in [0.05, 0.1) is 6.04 Å². The summed E-state index contributed by atoms with van der Waals surface area (Å²) in [5, 5.41) is 3.45. The van der Waals surface area contributed by atoms with Crippen LogP contribution in [0.1, 0.15) is 36.7 Å². The molecule has 0 aliphatic carbocycles. The van der Waals surface area contributed by atoms with E-state index in [0.717, 1.165) is 37.3 Å². The van der Waals surface area contributed by atoms with E-state index in [2.05, 4.69) is 27.4 Å². The number of H-pyrrole nitrogens is 1. The van der Waals surface area contributed by atoms with Crippen molar-refractivity contribution in [2.45, 2.75) is 25.3 Å². The molecule has 2 aromatic rings. The molecule has 2 heterocycles. The van der Waals surface area contributed by atoms with E-state index in [-0.39, 0.29) is 11.9 Å². The Morgan fingerprint density at radius 3 is 2.73 bits per heavy atom. The normalized spacial score (nSPS) is 15.9. The Morgan fingerprint density at radius 1 is 1.27 bits per heavy atom. The first kappa shape index (κ1) is 14.8. The van der Waals surface area contributed by atoms with E-state index in [4.69, 9.17) is 0 Å². The molecule has 2 N–H and O–H groups in total. The fourth-order valence-electron chi connectivity index (χ4n) is 2.90. The van der Waals surface area contributed by atoms with Crippen molar-refractivity contribution >= 4 is 5.91 Å². The topological polar surface area (TPSA) is 61.0 Å². The average molecular weight is 298 g/mol. The van der Waals surface area contributed by atoms with Crippen molar-refractivity contribution in [1.82, 2.24) is 20.2 Å². The number of rotatable bonds is 6. The molecular weight excluding hydrogens is 276 g/mol. The number of amides is 1. The Bertz CT molecular complexity index is 576. The number of hydrogen-bond acceptors (Lipinski definition) is 3. The lowest BCUT2D eigenvalue weighted by molar-refractivity contribution is -0.130. The van der Waals surface area contributed by atoms with Crippen molar-refractivity contribution in [3.8, 4) is 0 Å². The Hall–Kier alpha value is -2.14. The van der Waals surface area contributed by atoms with Crippen molar-refractivity contribution in [2.24, 2.45) is 0 Å². The number of aromatic nitrogens is 2. The molecule has 5 heteroatoms. The minimum Gasteiger partial charge on any atom is -0.347 e. The maximum Gasteiger partial charge on any atom is 0.223 e. The van der Waals surface area contributed by atoms with Crippen molar-refractivity contribution in [1.29, 1.82) is 0 Å². The zero-order chi connectivity index (χ0) is 15.2. The summed E-state index contributed by atoms with van der Waals surface area (Å²) in [6.45, 7) is 2.48. The largest absolute Gasteiger partial charge is 0.347 e. The number of benzene rings is 1. The molecule has 1 saturated heterocycles. The molecule has 1 fully saturated rings. The van der Waals surface area contributed by atoms with Crippen LogP contribution in [-0.2, 0) is 4.79 Å². The van der Waals surface area contributed by atoms with Gasteiger partial charge in [0.15, 0.2) is 0 Å². The van der Waals surface area contributed by atoms with E-state index >= 15 is 0 Å². The summed E-state index contributed by atoms with van der Waals surface area (Å²) in [5.41, 5.74) is 1.14. The van der Waals surface area contributed by atoms with Gasteiger partial charge in [0.2, 0.25) is 5.91 Å². The van der Waals surface area contributed by atoms with Crippen molar-refractivity contribution < 1.29 is 4.79 Å². The van der Waals surface area contributed by atoms with E-state index in [1.54, 1.807) is 6.20 Å². The third-order valence-corrected chi connectivity index (χ3v) is 4.07. The second kappa shape index (κ2) is 7.22. The molecule has 1 aliphatic rings. The summed E-state index contributed by atoms with van der Waals surface area (Å²) in [6.07, 6.45) is 6.38. The zero-order valence-corrected chi connectivity index (χ0v) is 12.7. The van der Waals surface area contributed by atoms with Gasteiger partial charge in [-0.05, 0) is 18.4 Å². The Labute approximate surface area is 130 Å². The van der Waals surface area contributed by atoms with Gasteiger partial charge in [0.25, 0.3) is 0 Å². The molecule has 0 saturated carbocycles. The number of carbonyl (C=O) groups is 1. The minimum atomic E-state index is -0.0115. The Kier molecular flexibility index (Phi) is 4.85. The van der Waals surface area contributed by atoms with Gasteiger partial charge in [0.1, 0.15) is 5.82 Å². The predicted molar refractivity (Wildman–Crippen MR) is 85.3 cm³/mol. The summed E-state index contributed by atoms with van der Waals surface area (Å²) < 4.78 is 0. The van der Waals surface area contributed by atoms with Gasteiger partial charge in [-0.25, -0.2) is 4.98 Å². The second-order valence-corrected chi connectivity index (χ2v) is 5.61. The minimum absolute atomic E-state index is 0.0115. The van der Waals surface area contributed by atoms with E-state index in [0.29, 0.717) is 13.0 Å². The first-order valence-corrected chi connectivity index (χ1v) is 7.90. The Balaban J connectivity index is 1.60. The van der Waals surface area contributed by atoms with Crippen LogP contribution in [0.4, 0.5) is 0 Å². The van der Waals surface area contributed by atoms with Crippen molar-refractivity contribution in [3.63, 3.8) is 0 Å². The van der Waals surface area contributed by atoms with Gasteiger partial charge < -0.3 is 15.2 Å². The maximum absolute atomic E-state index is 12.1. The highest BCUT2D eigenvalue weighted by atomic mass is 16.2. The molecule has 0 bridgehead atoms. The van der Waals surface area contributed by atoms with Gasteiger partial charge in [-0.3, -0.25) is 4.79 Å². The summed E-state index contributed by atoms with van der Waals surface area (Å²) in [7, 11) is 0. The highest BCUT2D eigenvalue weighted by Gasteiger charge is 2.19. The number of hydrogen-bond donors (Lipinski definition) is 2. The summed E-state index contributed by atoms with van der Waals surface area (Å²) in [5.74, 6) is 1.12. The molecule has 0 unspecified atom stereocenters. The zero-order valence-electron chi connectivity index (χ0n) is 12.7. The lowest BCUT2D eigenvalue weighted by Crippen LogP contribution is -2.32. The van der Waals surface area contributed by atoms with Crippen LogP contribution >= 0.6 is 0 Å².